The Morgan fingerprint density at radius 2 is 2.05 bits per heavy atom. The molecular formula is C15H23N3O2. The lowest BCUT2D eigenvalue weighted by Gasteiger charge is -2.22. The summed E-state index contributed by atoms with van der Waals surface area (Å²) in [5.74, 6) is 0.513. The van der Waals surface area contributed by atoms with Crippen LogP contribution in [0.5, 0.6) is 0 Å². The Hall–Kier alpha value is -1.36. The van der Waals surface area contributed by atoms with Crippen LogP contribution in [0, 0.1) is 0 Å². The van der Waals surface area contributed by atoms with Gasteiger partial charge in [0.1, 0.15) is 0 Å². The van der Waals surface area contributed by atoms with Crippen LogP contribution in [0.2, 0.25) is 0 Å². The number of β-amino-alcohol motifs (C(OH)–C–C–N with tert-alkyl or cyclic N) is 1. The number of rotatable bonds is 2. The first kappa shape index (κ1) is 13.6. The van der Waals surface area contributed by atoms with Crippen molar-refractivity contribution in [1.29, 1.82) is 0 Å². The van der Waals surface area contributed by atoms with Gasteiger partial charge in [-0.25, -0.2) is 0 Å². The number of likely N-dealkylation sites (tertiary alicyclic amines) is 1. The first-order chi connectivity index (χ1) is 9.36. The number of aliphatic hydroxyl groups is 1. The maximum Gasteiger partial charge on any atom is 0.274 e. The van der Waals surface area contributed by atoms with Crippen molar-refractivity contribution in [2.45, 2.75) is 57.6 Å². The van der Waals surface area contributed by atoms with E-state index in [1.165, 1.54) is 18.5 Å². The van der Waals surface area contributed by atoms with Crippen LogP contribution in [0.15, 0.2) is 6.07 Å². The van der Waals surface area contributed by atoms with Gasteiger partial charge in [-0.2, -0.15) is 5.10 Å². The first-order valence-corrected chi connectivity index (χ1v) is 7.44. The molecule has 1 atom stereocenters. The fourth-order valence-electron chi connectivity index (χ4n) is 2.80. The Kier molecular flexibility index (Phi) is 3.12. The van der Waals surface area contributed by atoms with Gasteiger partial charge in [-0.05, 0) is 46.1 Å². The molecule has 0 spiro atoms. The van der Waals surface area contributed by atoms with Gasteiger partial charge >= 0.3 is 0 Å². The summed E-state index contributed by atoms with van der Waals surface area (Å²) in [5, 5.41) is 14.1. The molecule has 3 rings (SSSR count). The number of hydrogen-bond acceptors (Lipinski definition) is 3. The maximum absolute atomic E-state index is 12.5. The van der Waals surface area contributed by atoms with E-state index >= 15 is 0 Å². The molecule has 1 amide bonds. The molecule has 1 aromatic heterocycles. The third kappa shape index (κ3) is 2.46. The lowest BCUT2D eigenvalue weighted by Crippen LogP contribution is -2.31. The molecule has 2 fully saturated rings. The number of carbonyl (C=O) groups is 1. The molecule has 1 aliphatic carbocycles. The summed E-state index contributed by atoms with van der Waals surface area (Å²) in [7, 11) is 0. The summed E-state index contributed by atoms with van der Waals surface area (Å²) in [4.78, 5) is 14.2. The predicted molar refractivity (Wildman–Crippen MR) is 75.7 cm³/mol. The third-order valence-electron chi connectivity index (χ3n) is 4.04. The molecule has 0 aromatic carbocycles. The zero-order chi connectivity index (χ0) is 14.5. The van der Waals surface area contributed by atoms with E-state index in [4.69, 9.17) is 0 Å². The van der Waals surface area contributed by atoms with Crippen molar-refractivity contribution in [3.8, 4) is 0 Å². The van der Waals surface area contributed by atoms with Crippen LogP contribution in [-0.4, -0.2) is 44.9 Å². The molecule has 1 saturated heterocycles. The molecule has 2 aliphatic rings. The van der Waals surface area contributed by atoms with Crippen LogP contribution in [0.1, 0.15) is 62.1 Å². The Labute approximate surface area is 119 Å². The van der Waals surface area contributed by atoms with Crippen LogP contribution in [-0.2, 0) is 5.54 Å². The molecule has 0 bridgehead atoms. The minimum absolute atomic E-state index is 0.0496. The minimum atomic E-state index is -0.383. The molecule has 5 heteroatoms. The number of hydrogen-bond donors (Lipinski definition) is 1. The van der Waals surface area contributed by atoms with Crippen LogP contribution in [0.25, 0.3) is 0 Å². The molecule has 1 aliphatic heterocycles. The quantitative estimate of drug-likeness (QED) is 0.895. The van der Waals surface area contributed by atoms with Crippen molar-refractivity contribution in [1.82, 2.24) is 14.7 Å². The van der Waals surface area contributed by atoms with Gasteiger partial charge in [0, 0.05) is 24.7 Å². The van der Waals surface area contributed by atoms with E-state index in [9.17, 15) is 9.90 Å². The van der Waals surface area contributed by atoms with Crippen molar-refractivity contribution < 1.29 is 9.90 Å². The van der Waals surface area contributed by atoms with Gasteiger partial charge in [0.05, 0.1) is 11.6 Å². The van der Waals surface area contributed by atoms with Crippen molar-refractivity contribution in [3.63, 3.8) is 0 Å². The largest absolute Gasteiger partial charge is 0.391 e. The Morgan fingerprint density at radius 3 is 2.55 bits per heavy atom. The van der Waals surface area contributed by atoms with Gasteiger partial charge in [0.2, 0.25) is 0 Å². The zero-order valence-corrected chi connectivity index (χ0v) is 12.5. The molecular weight excluding hydrogens is 254 g/mol. The Bertz CT molecular complexity index is 526. The molecule has 0 unspecified atom stereocenters. The zero-order valence-electron chi connectivity index (χ0n) is 12.5. The van der Waals surface area contributed by atoms with Crippen molar-refractivity contribution in [2.24, 2.45) is 0 Å². The molecule has 1 N–H and O–H groups in total. The van der Waals surface area contributed by atoms with E-state index in [-0.39, 0.29) is 17.6 Å². The van der Waals surface area contributed by atoms with Crippen LogP contribution in [0.3, 0.4) is 0 Å². The highest BCUT2D eigenvalue weighted by atomic mass is 16.3. The molecule has 5 nitrogen and oxygen atoms in total. The van der Waals surface area contributed by atoms with Gasteiger partial charge in [0.15, 0.2) is 5.69 Å². The van der Waals surface area contributed by atoms with Gasteiger partial charge in [-0.1, -0.05) is 0 Å². The molecule has 2 heterocycles. The van der Waals surface area contributed by atoms with E-state index in [1.54, 1.807) is 4.90 Å². The van der Waals surface area contributed by atoms with Gasteiger partial charge < -0.3 is 10.0 Å². The Balaban J connectivity index is 1.88. The summed E-state index contributed by atoms with van der Waals surface area (Å²) >= 11 is 0. The van der Waals surface area contributed by atoms with Crippen LogP contribution in [0.4, 0.5) is 0 Å². The van der Waals surface area contributed by atoms with E-state index in [0.717, 1.165) is 0 Å². The Morgan fingerprint density at radius 1 is 1.35 bits per heavy atom. The molecule has 1 saturated carbocycles. The average molecular weight is 277 g/mol. The molecule has 1 aromatic rings. The summed E-state index contributed by atoms with van der Waals surface area (Å²) in [6.07, 6.45) is 2.67. The average Bonchev–Trinajstić information content (AvgIpc) is 2.95. The standard InChI is InChI=1S/C15H23N3O2/c1-15(2,3)18-13(10-4-5-10)8-12(16-18)14(20)17-7-6-11(19)9-17/h8,10-11,19H,4-7,9H2,1-3H3/t11-/m1/s1. The smallest absolute Gasteiger partial charge is 0.274 e. The van der Waals surface area contributed by atoms with Crippen LogP contribution >= 0.6 is 0 Å². The number of amides is 1. The predicted octanol–water partition coefficient (Wildman–Crippen LogP) is 1.72. The second-order valence-corrected chi connectivity index (χ2v) is 7.01. The maximum atomic E-state index is 12.5. The second-order valence-electron chi connectivity index (χ2n) is 7.01. The molecule has 20 heavy (non-hydrogen) atoms. The lowest BCUT2D eigenvalue weighted by molar-refractivity contribution is 0.0757. The lowest BCUT2D eigenvalue weighted by atomic mass is 10.1. The van der Waals surface area contributed by atoms with E-state index in [1.807, 2.05) is 10.7 Å². The normalized spacial score (nSPS) is 23.4. The van der Waals surface area contributed by atoms with E-state index in [0.29, 0.717) is 31.1 Å². The molecule has 0 radical (unpaired) electrons. The first-order valence-electron chi connectivity index (χ1n) is 7.44. The number of aromatic nitrogens is 2. The molecule has 110 valence electrons. The fourth-order valence-corrected chi connectivity index (χ4v) is 2.80. The number of nitrogens with zero attached hydrogens (tertiary/aromatic N) is 3. The van der Waals surface area contributed by atoms with Gasteiger partial charge in [-0.3, -0.25) is 9.48 Å². The highest BCUT2D eigenvalue weighted by molar-refractivity contribution is 5.92. The third-order valence-corrected chi connectivity index (χ3v) is 4.04. The van der Waals surface area contributed by atoms with Gasteiger partial charge in [0.25, 0.3) is 5.91 Å². The van der Waals surface area contributed by atoms with E-state index in [2.05, 4.69) is 25.9 Å². The topological polar surface area (TPSA) is 58.4 Å². The fraction of sp³-hybridized carbons (Fsp3) is 0.733. The van der Waals surface area contributed by atoms with Crippen molar-refractivity contribution >= 4 is 5.91 Å². The van der Waals surface area contributed by atoms with Crippen LogP contribution < -0.4 is 0 Å². The van der Waals surface area contributed by atoms with Crippen molar-refractivity contribution in [2.75, 3.05) is 13.1 Å². The van der Waals surface area contributed by atoms with E-state index < -0.39 is 0 Å². The SMILES string of the molecule is CC(C)(C)n1nc(C(=O)N2CC[C@@H](O)C2)cc1C1CC1. The minimum Gasteiger partial charge on any atom is -0.391 e. The van der Waals surface area contributed by atoms with Crippen molar-refractivity contribution in [3.05, 3.63) is 17.5 Å². The highest BCUT2D eigenvalue weighted by Gasteiger charge is 2.34. The second kappa shape index (κ2) is 4.58. The summed E-state index contributed by atoms with van der Waals surface area (Å²) in [5.41, 5.74) is 1.59. The van der Waals surface area contributed by atoms with Gasteiger partial charge in [-0.15, -0.1) is 0 Å². The summed E-state index contributed by atoms with van der Waals surface area (Å²) < 4.78 is 2.00. The number of carbonyl (C=O) groups excluding carboxylic acids is 1. The summed E-state index contributed by atoms with van der Waals surface area (Å²) in [6, 6.07) is 1.95. The number of aliphatic hydroxyl groups excluding tert-OH is 1. The summed E-state index contributed by atoms with van der Waals surface area (Å²) in [6.45, 7) is 7.39. The highest BCUT2D eigenvalue weighted by Crippen LogP contribution is 2.41. The monoisotopic (exact) mass is 277 g/mol.